The molecule has 0 spiro atoms. The molecule has 136 valence electrons. The van der Waals surface area contributed by atoms with E-state index >= 15 is 0 Å². The number of aliphatic hydroxyl groups excluding tert-OH is 1. The van der Waals surface area contributed by atoms with Crippen molar-refractivity contribution < 1.29 is 34.0 Å². The van der Waals surface area contributed by atoms with Gasteiger partial charge in [0.05, 0.1) is 5.56 Å². The number of hydrogen-bond acceptors (Lipinski definition) is 7. The van der Waals surface area contributed by atoms with Crippen molar-refractivity contribution in [2.75, 3.05) is 13.2 Å². The van der Waals surface area contributed by atoms with Gasteiger partial charge >= 0.3 is 11.9 Å². The Morgan fingerprint density at radius 1 is 1.20 bits per heavy atom. The van der Waals surface area contributed by atoms with Crippen LogP contribution >= 0.6 is 0 Å². The summed E-state index contributed by atoms with van der Waals surface area (Å²) in [5.74, 6) is -1.32. The third-order valence-corrected chi connectivity index (χ3v) is 3.86. The van der Waals surface area contributed by atoms with Crippen LogP contribution in [0.3, 0.4) is 0 Å². The molecular formula is C18H22O7. The van der Waals surface area contributed by atoms with Crippen LogP contribution in [0.5, 0.6) is 0 Å². The molecule has 0 bridgehead atoms. The van der Waals surface area contributed by atoms with Crippen molar-refractivity contribution in [3.63, 3.8) is 0 Å². The predicted molar refractivity (Wildman–Crippen MR) is 87.8 cm³/mol. The fourth-order valence-corrected chi connectivity index (χ4v) is 2.67. The van der Waals surface area contributed by atoms with Gasteiger partial charge in [-0.25, -0.2) is 4.79 Å². The van der Waals surface area contributed by atoms with Crippen molar-refractivity contribution in [1.29, 1.82) is 0 Å². The highest BCUT2D eigenvalue weighted by molar-refractivity contribution is 5.89. The summed E-state index contributed by atoms with van der Waals surface area (Å²) in [6.07, 6.45) is -0.642. The van der Waals surface area contributed by atoms with Crippen LogP contribution in [-0.4, -0.2) is 59.3 Å². The standard InChI is InChI=1S/C18H22O7/c1-3-23-15-10-9-14(20)16(25-12(2)19)18(15,22)11-24-17(21)13-7-5-4-6-8-13/h4-10,14-16,20,22H,3,11H2,1-2H3. The number of aliphatic hydroxyl groups is 2. The third kappa shape index (κ3) is 4.45. The van der Waals surface area contributed by atoms with Crippen molar-refractivity contribution >= 4 is 11.9 Å². The summed E-state index contributed by atoms with van der Waals surface area (Å²) in [5.41, 5.74) is -1.60. The Bertz CT molecular complexity index is 628. The zero-order chi connectivity index (χ0) is 18.4. The van der Waals surface area contributed by atoms with Gasteiger partial charge in [-0.15, -0.1) is 0 Å². The Morgan fingerprint density at radius 2 is 1.88 bits per heavy atom. The maximum Gasteiger partial charge on any atom is 0.338 e. The van der Waals surface area contributed by atoms with E-state index < -0.39 is 42.5 Å². The zero-order valence-electron chi connectivity index (χ0n) is 14.1. The van der Waals surface area contributed by atoms with Crippen LogP contribution in [0.4, 0.5) is 0 Å². The molecule has 7 heteroatoms. The van der Waals surface area contributed by atoms with Gasteiger partial charge in [0.1, 0.15) is 18.8 Å². The average Bonchev–Trinajstić information content (AvgIpc) is 2.60. The molecule has 4 atom stereocenters. The first-order chi connectivity index (χ1) is 11.9. The van der Waals surface area contributed by atoms with E-state index in [1.165, 1.54) is 12.2 Å². The molecule has 1 aromatic carbocycles. The Labute approximate surface area is 145 Å². The minimum atomic E-state index is -1.92. The number of esters is 2. The number of hydrogen-bond donors (Lipinski definition) is 2. The lowest BCUT2D eigenvalue weighted by atomic mass is 9.82. The van der Waals surface area contributed by atoms with Gasteiger partial charge in [0, 0.05) is 13.5 Å². The first-order valence-electron chi connectivity index (χ1n) is 7.98. The van der Waals surface area contributed by atoms with Gasteiger partial charge in [-0.2, -0.15) is 0 Å². The molecular weight excluding hydrogens is 328 g/mol. The van der Waals surface area contributed by atoms with Crippen molar-refractivity contribution in [3.05, 3.63) is 48.0 Å². The van der Waals surface area contributed by atoms with Gasteiger partial charge in [0.25, 0.3) is 0 Å². The number of benzene rings is 1. The molecule has 4 unspecified atom stereocenters. The van der Waals surface area contributed by atoms with Crippen LogP contribution in [0.25, 0.3) is 0 Å². The first kappa shape index (κ1) is 19.1. The van der Waals surface area contributed by atoms with Gasteiger partial charge in [0.15, 0.2) is 11.7 Å². The molecule has 1 aliphatic carbocycles. The normalized spacial score (nSPS) is 28.4. The molecule has 0 aromatic heterocycles. The van der Waals surface area contributed by atoms with E-state index in [0.717, 1.165) is 6.92 Å². The van der Waals surface area contributed by atoms with E-state index in [2.05, 4.69) is 0 Å². The highest BCUT2D eigenvalue weighted by atomic mass is 16.6. The Kier molecular flexibility index (Phi) is 6.30. The highest BCUT2D eigenvalue weighted by Gasteiger charge is 2.52. The third-order valence-electron chi connectivity index (χ3n) is 3.86. The fourth-order valence-electron chi connectivity index (χ4n) is 2.67. The Balaban J connectivity index is 2.21. The summed E-state index contributed by atoms with van der Waals surface area (Å²) >= 11 is 0. The molecule has 0 saturated heterocycles. The van der Waals surface area contributed by atoms with Crippen molar-refractivity contribution in [2.45, 2.75) is 37.8 Å². The van der Waals surface area contributed by atoms with Crippen molar-refractivity contribution in [1.82, 2.24) is 0 Å². The average molecular weight is 350 g/mol. The SMILES string of the molecule is CCOC1C=CC(O)C(OC(C)=O)C1(O)COC(=O)c1ccccc1. The van der Waals surface area contributed by atoms with Crippen LogP contribution < -0.4 is 0 Å². The summed E-state index contributed by atoms with van der Waals surface area (Å²) in [4.78, 5) is 23.5. The Hall–Kier alpha value is -2.22. The molecule has 0 aliphatic heterocycles. The lowest BCUT2D eigenvalue weighted by Gasteiger charge is -2.43. The molecule has 2 N–H and O–H groups in total. The molecule has 25 heavy (non-hydrogen) atoms. The largest absolute Gasteiger partial charge is 0.459 e. The quantitative estimate of drug-likeness (QED) is 0.579. The summed E-state index contributed by atoms with van der Waals surface area (Å²) in [7, 11) is 0. The van der Waals surface area contributed by atoms with Gasteiger partial charge in [-0.05, 0) is 19.1 Å². The monoisotopic (exact) mass is 350 g/mol. The van der Waals surface area contributed by atoms with Crippen LogP contribution in [-0.2, 0) is 19.0 Å². The molecule has 0 saturated carbocycles. The maximum atomic E-state index is 12.1. The van der Waals surface area contributed by atoms with Crippen LogP contribution in [0.2, 0.25) is 0 Å². The lowest BCUT2D eigenvalue weighted by molar-refractivity contribution is -0.211. The van der Waals surface area contributed by atoms with E-state index in [0.29, 0.717) is 5.56 Å². The van der Waals surface area contributed by atoms with Gasteiger partial charge in [-0.3, -0.25) is 4.79 Å². The molecule has 0 radical (unpaired) electrons. The van der Waals surface area contributed by atoms with Crippen molar-refractivity contribution in [3.8, 4) is 0 Å². The van der Waals surface area contributed by atoms with Crippen molar-refractivity contribution in [2.24, 2.45) is 0 Å². The topological polar surface area (TPSA) is 102 Å². The second kappa shape index (κ2) is 8.24. The van der Waals surface area contributed by atoms with Gasteiger partial charge in [-0.1, -0.05) is 30.4 Å². The minimum absolute atomic E-state index is 0.271. The van der Waals surface area contributed by atoms with Crippen LogP contribution in [0, 0.1) is 0 Å². The molecule has 1 aliphatic rings. The number of carbonyl (C=O) groups excluding carboxylic acids is 2. The fraction of sp³-hybridized carbons (Fsp3) is 0.444. The summed E-state index contributed by atoms with van der Waals surface area (Å²) < 4.78 is 15.7. The predicted octanol–water partition coefficient (Wildman–Crippen LogP) is 0.842. The highest BCUT2D eigenvalue weighted by Crippen LogP contribution is 2.30. The molecule has 2 rings (SSSR count). The van der Waals surface area contributed by atoms with Gasteiger partial charge in [0.2, 0.25) is 0 Å². The molecule has 7 nitrogen and oxygen atoms in total. The van der Waals surface area contributed by atoms with Crippen LogP contribution in [0.15, 0.2) is 42.5 Å². The summed E-state index contributed by atoms with van der Waals surface area (Å²) in [6.45, 7) is 2.66. The maximum absolute atomic E-state index is 12.1. The second-order valence-corrected chi connectivity index (χ2v) is 5.71. The molecule has 0 heterocycles. The van der Waals surface area contributed by atoms with E-state index in [1.54, 1.807) is 37.3 Å². The number of rotatable bonds is 6. The summed E-state index contributed by atoms with van der Waals surface area (Å²) in [6, 6.07) is 8.28. The number of ether oxygens (including phenoxy) is 3. The molecule has 0 fully saturated rings. The Morgan fingerprint density at radius 3 is 2.48 bits per heavy atom. The van der Waals surface area contributed by atoms with E-state index in [4.69, 9.17) is 14.2 Å². The second-order valence-electron chi connectivity index (χ2n) is 5.71. The number of carbonyl (C=O) groups is 2. The van der Waals surface area contributed by atoms with E-state index in [-0.39, 0.29) is 6.61 Å². The van der Waals surface area contributed by atoms with Gasteiger partial charge < -0.3 is 24.4 Å². The summed E-state index contributed by atoms with van der Waals surface area (Å²) in [5, 5.41) is 21.1. The zero-order valence-corrected chi connectivity index (χ0v) is 14.1. The molecule has 1 aromatic rings. The van der Waals surface area contributed by atoms with E-state index in [1.807, 2.05) is 0 Å². The first-order valence-corrected chi connectivity index (χ1v) is 7.98. The smallest absolute Gasteiger partial charge is 0.338 e. The van der Waals surface area contributed by atoms with Crippen LogP contribution in [0.1, 0.15) is 24.2 Å². The lowest BCUT2D eigenvalue weighted by Crippen LogP contribution is -2.63. The molecule has 0 amide bonds. The minimum Gasteiger partial charge on any atom is -0.459 e. The van der Waals surface area contributed by atoms with E-state index in [9.17, 15) is 19.8 Å².